The normalized spacial score (nSPS) is 11.0. The van der Waals surface area contributed by atoms with Gasteiger partial charge in [-0.25, -0.2) is 4.79 Å². The first-order chi connectivity index (χ1) is 9.73. The first-order valence-corrected chi connectivity index (χ1v) is 7.62. The van der Waals surface area contributed by atoms with Crippen LogP contribution in [0.1, 0.15) is 34.1 Å². The minimum absolute atomic E-state index is 0.148. The Morgan fingerprint density at radius 3 is 2.62 bits per heavy atom. The molecule has 0 heterocycles. The summed E-state index contributed by atoms with van der Waals surface area (Å²) in [7, 11) is 0. The van der Waals surface area contributed by atoms with E-state index in [-0.39, 0.29) is 11.4 Å². The molecule has 0 aliphatic heterocycles. The smallest absolute Gasteiger partial charge is 0.412 e. The number of amides is 1. The van der Waals surface area contributed by atoms with Crippen LogP contribution >= 0.6 is 11.8 Å². The molecule has 0 atom stereocenters. The van der Waals surface area contributed by atoms with Crippen LogP contribution in [0.15, 0.2) is 23.1 Å². The zero-order valence-corrected chi connectivity index (χ0v) is 13.5. The van der Waals surface area contributed by atoms with Crippen molar-refractivity contribution in [1.82, 2.24) is 0 Å². The molecule has 0 radical (unpaired) electrons. The van der Waals surface area contributed by atoms with Crippen molar-refractivity contribution in [3.05, 3.63) is 28.3 Å². The molecule has 0 aromatic heterocycles. The van der Waals surface area contributed by atoms with Gasteiger partial charge in [-0.15, -0.1) is 11.8 Å². The van der Waals surface area contributed by atoms with Gasteiger partial charge < -0.3 is 4.74 Å². The first-order valence-electron chi connectivity index (χ1n) is 6.64. The molecule has 116 valence electrons. The number of carbonyl (C=O) groups excluding carboxylic acids is 1. The Bertz CT molecular complexity index is 526. The zero-order chi connectivity index (χ0) is 16.0. The number of nitro groups is 1. The summed E-state index contributed by atoms with van der Waals surface area (Å²) in [6.45, 7) is 7.25. The van der Waals surface area contributed by atoms with Crippen molar-refractivity contribution < 1.29 is 14.5 Å². The molecule has 1 aromatic rings. The van der Waals surface area contributed by atoms with E-state index >= 15 is 0 Å². The number of nitrogens with zero attached hydrogens (tertiary/aromatic N) is 1. The summed E-state index contributed by atoms with van der Waals surface area (Å²) in [6, 6.07) is 4.67. The number of carbonyl (C=O) groups is 1. The van der Waals surface area contributed by atoms with Gasteiger partial charge in [0.1, 0.15) is 11.3 Å². The van der Waals surface area contributed by atoms with Crippen molar-refractivity contribution in [2.45, 2.75) is 44.6 Å². The third kappa shape index (κ3) is 6.03. The van der Waals surface area contributed by atoms with Crippen molar-refractivity contribution in [3.8, 4) is 0 Å². The molecule has 0 spiro atoms. The van der Waals surface area contributed by atoms with Gasteiger partial charge in [-0.1, -0.05) is 6.92 Å². The van der Waals surface area contributed by atoms with Crippen LogP contribution < -0.4 is 5.32 Å². The fourth-order valence-corrected chi connectivity index (χ4v) is 2.30. The Kier molecular flexibility index (Phi) is 6.02. The second-order valence-corrected chi connectivity index (χ2v) is 6.58. The van der Waals surface area contributed by atoms with Gasteiger partial charge in [-0.2, -0.15) is 0 Å². The molecule has 0 aliphatic carbocycles. The number of hydrogen-bond donors (Lipinski definition) is 1. The molecular formula is C14H20N2O4S. The maximum Gasteiger partial charge on any atom is 0.412 e. The van der Waals surface area contributed by atoms with Gasteiger partial charge in [0.15, 0.2) is 0 Å². The Hall–Kier alpha value is -1.76. The number of nitrogens with one attached hydrogen (secondary N) is 1. The number of nitro benzene ring substituents is 1. The van der Waals surface area contributed by atoms with E-state index in [2.05, 4.69) is 12.2 Å². The molecule has 0 aliphatic rings. The van der Waals surface area contributed by atoms with Crippen LogP contribution in [0, 0.1) is 10.1 Å². The van der Waals surface area contributed by atoms with E-state index in [4.69, 9.17) is 4.74 Å². The maximum atomic E-state index is 11.8. The Morgan fingerprint density at radius 1 is 1.43 bits per heavy atom. The Balaban J connectivity index is 2.95. The zero-order valence-electron chi connectivity index (χ0n) is 12.6. The predicted molar refractivity (Wildman–Crippen MR) is 84.0 cm³/mol. The van der Waals surface area contributed by atoms with Crippen molar-refractivity contribution in [2.24, 2.45) is 0 Å². The lowest BCUT2D eigenvalue weighted by Gasteiger charge is -2.19. The second-order valence-electron chi connectivity index (χ2n) is 5.41. The van der Waals surface area contributed by atoms with Gasteiger partial charge in [0.05, 0.1) is 4.92 Å². The number of benzene rings is 1. The topological polar surface area (TPSA) is 81.5 Å². The molecule has 0 fully saturated rings. The third-order valence-electron chi connectivity index (χ3n) is 2.27. The summed E-state index contributed by atoms with van der Waals surface area (Å²) in [5.41, 5.74) is -0.662. The highest BCUT2D eigenvalue weighted by Crippen LogP contribution is 2.30. The first kappa shape index (κ1) is 17.3. The third-order valence-corrected chi connectivity index (χ3v) is 3.47. The second kappa shape index (κ2) is 7.31. The lowest BCUT2D eigenvalue weighted by Crippen LogP contribution is -2.27. The number of ether oxygens (including phenoxy) is 1. The molecule has 1 N–H and O–H groups in total. The van der Waals surface area contributed by atoms with Gasteiger partial charge >= 0.3 is 6.09 Å². The van der Waals surface area contributed by atoms with E-state index < -0.39 is 16.6 Å². The largest absolute Gasteiger partial charge is 0.444 e. The average Bonchev–Trinajstić information content (AvgIpc) is 2.33. The van der Waals surface area contributed by atoms with Gasteiger partial charge in [0.2, 0.25) is 0 Å². The highest BCUT2D eigenvalue weighted by molar-refractivity contribution is 7.99. The molecule has 0 saturated heterocycles. The van der Waals surface area contributed by atoms with Crippen LogP contribution in [-0.4, -0.2) is 22.4 Å². The van der Waals surface area contributed by atoms with Crippen LogP contribution in [0.4, 0.5) is 16.2 Å². The van der Waals surface area contributed by atoms with E-state index in [1.54, 1.807) is 44.7 Å². The summed E-state index contributed by atoms with van der Waals surface area (Å²) < 4.78 is 5.12. The molecule has 6 nitrogen and oxygen atoms in total. The van der Waals surface area contributed by atoms with Crippen molar-refractivity contribution in [1.29, 1.82) is 0 Å². The molecule has 1 amide bonds. The minimum Gasteiger partial charge on any atom is -0.444 e. The maximum absolute atomic E-state index is 11.8. The number of thioether (sulfide) groups is 1. The lowest BCUT2D eigenvalue weighted by atomic mass is 10.2. The van der Waals surface area contributed by atoms with Crippen molar-refractivity contribution in [2.75, 3.05) is 11.1 Å². The molecule has 0 unspecified atom stereocenters. The van der Waals surface area contributed by atoms with Crippen molar-refractivity contribution >= 4 is 29.2 Å². The van der Waals surface area contributed by atoms with Crippen LogP contribution in [0.3, 0.4) is 0 Å². The summed E-state index contributed by atoms with van der Waals surface area (Å²) >= 11 is 1.58. The lowest BCUT2D eigenvalue weighted by molar-refractivity contribution is -0.384. The van der Waals surface area contributed by atoms with E-state index in [0.717, 1.165) is 17.1 Å². The standard InChI is InChI=1S/C14H20N2O4S/c1-5-8-21-10-6-7-12(16(18)19)11(9-10)15-13(17)20-14(2,3)4/h6-7,9H,5,8H2,1-4H3,(H,15,17). The van der Waals surface area contributed by atoms with Crippen LogP contribution in [0.2, 0.25) is 0 Å². The summed E-state index contributed by atoms with van der Waals surface area (Å²) in [5, 5.41) is 13.5. The van der Waals surface area contributed by atoms with Gasteiger partial charge in [0.25, 0.3) is 5.69 Å². The Morgan fingerprint density at radius 2 is 2.10 bits per heavy atom. The monoisotopic (exact) mass is 312 g/mol. The molecule has 0 bridgehead atoms. The van der Waals surface area contributed by atoms with Gasteiger partial charge in [-0.3, -0.25) is 15.4 Å². The number of rotatable bonds is 5. The fraction of sp³-hybridized carbons (Fsp3) is 0.500. The van der Waals surface area contributed by atoms with Crippen LogP contribution in [0.5, 0.6) is 0 Å². The quantitative estimate of drug-likeness (QED) is 0.493. The predicted octanol–water partition coefficient (Wildman–Crippen LogP) is 4.44. The van der Waals surface area contributed by atoms with Crippen LogP contribution in [-0.2, 0) is 4.74 Å². The summed E-state index contributed by atoms with van der Waals surface area (Å²) in [4.78, 5) is 23.1. The van der Waals surface area contributed by atoms with Gasteiger partial charge in [0, 0.05) is 11.0 Å². The molecular weight excluding hydrogens is 292 g/mol. The highest BCUT2D eigenvalue weighted by Gasteiger charge is 2.21. The van der Waals surface area contributed by atoms with E-state index in [1.165, 1.54) is 6.07 Å². The number of anilines is 1. The molecule has 1 rings (SSSR count). The van der Waals surface area contributed by atoms with Crippen molar-refractivity contribution in [3.63, 3.8) is 0 Å². The fourth-order valence-electron chi connectivity index (χ4n) is 1.50. The summed E-state index contributed by atoms with van der Waals surface area (Å²) in [5.74, 6) is 0.906. The average molecular weight is 312 g/mol. The SMILES string of the molecule is CCCSc1ccc([N+](=O)[O-])c(NC(=O)OC(C)(C)C)c1. The van der Waals surface area contributed by atoms with Crippen LogP contribution in [0.25, 0.3) is 0 Å². The van der Waals surface area contributed by atoms with E-state index in [0.29, 0.717) is 0 Å². The van der Waals surface area contributed by atoms with Gasteiger partial charge in [-0.05, 0) is 45.1 Å². The molecule has 7 heteroatoms. The highest BCUT2D eigenvalue weighted by atomic mass is 32.2. The molecule has 1 aromatic carbocycles. The minimum atomic E-state index is -0.705. The molecule has 0 saturated carbocycles. The Labute approximate surface area is 128 Å². The van der Waals surface area contributed by atoms with E-state index in [9.17, 15) is 14.9 Å². The van der Waals surface area contributed by atoms with E-state index in [1.807, 2.05) is 0 Å². The number of hydrogen-bond acceptors (Lipinski definition) is 5. The summed E-state index contributed by atoms with van der Waals surface area (Å²) in [6.07, 6.45) is 0.291. The molecule has 21 heavy (non-hydrogen) atoms.